The Hall–Kier alpha value is -2.99. The number of primary amides is 1. The second-order valence-corrected chi connectivity index (χ2v) is 8.90. The number of nitrogens with zero attached hydrogens (tertiary/aromatic N) is 2. The predicted octanol–water partition coefficient (Wildman–Crippen LogP) is 3.69. The molecule has 1 aliphatic heterocycles. The molecule has 0 spiro atoms. The Morgan fingerprint density at radius 3 is 2.73 bits per heavy atom. The van der Waals surface area contributed by atoms with Crippen molar-refractivity contribution in [3.8, 4) is 10.4 Å². The standard InChI is InChI=1S/C24H25N3O2S/c25-23(29)24(15-18-5-1-7-20(13-18)21-8-3-12-30-21)9-4-11-27(17-24)22(28)14-19-6-2-10-26-16-19/h1-3,5-8,10,12-13,16H,4,9,11,14-15,17H2,(H2,25,29)/t24-/m0/s1. The molecule has 2 aromatic heterocycles. The Labute approximate surface area is 180 Å². The Bertz CT molecular complexity index is 1020. The number of nitrogens with two attached hydrogens (primary N) is 1. The molecule has 3 aromatic rings. The third-order valence-electron chi connectivity index (χ3n) is 5.81. The Morgan fingerprint density at radius 2 is 2.00 bits per heavy atom. The molecule has 154 valence electrons. The minimum Gasteiger partial charge on any atom is -0.369 e. The minimum absolute atomic E-state index is 0.0145. The molecule has 5 nitrogen and oxygen atoms in total. The van der Waals surface area contributed by atoms with Crippen molar-refractivity contribution in [2.45, 2.75) is 25.7 Å². The lowest BCUT2D eigenvalue weighted by atomic mass is 9.74. The Kier molecular flexibility index (Phi) is 5.95. The van der Waals surface area contributed by atoms with Crippen LogP contribution in [0, 0.1) is 5.41 Å². The second-order valence-electron chi connectivity index (χ2n) is 7.96. The first-order chi connectivity index (χ1) is 14.6. The van der Waals surface area contributed by atoms with Crippen molar-refractivity contribution < 1.29 is 9.59 Å². The molecule has 0 saturated carbocycles. The molecule has 1 fully saturated rings. The zero-order valence-corrected chi connectivity index (χ0v) is 17.6. The van der Waals surface area contributed by atoms with Crippen LogP contribution in [0.1, 0.15) is 24.0 Å². The first-order valence-electron chi connectivity index (χ1n) is 10.2. The van der Waals surface area contributed by atoms with Gasteiger partial charge in [-0.1, -0.05) is 36.4 Å². The van der Waals surface area contributed by atoms with Crippen LogP contribution < -0.4 is 5.73 Å². The number of rotatable bonds is 6. The van der Waals surface area contributed by atoms with Gasteiger partial charge in [0.25, 0.3) is 0 Å². The van der Waals surface area contributed by atoms with Gasteiger partial charge < -0.3 is 10.6 Å². The van der Waals surface area contributed by atoms with E-state index in [0.717, 1.165) is 23.1 Å². The summed E-state index contributed by atoms with van der Waals surface area (Å²) in [6, 6.07) is 16.1. The molecule has 1 aromatic carbocycles. The van der Waals surface area contributed by atoms with Gasteiger partial charge in [0.2, 0.25) is 11.8 Å². The minimum atomic E-state index is -0.739. The molecule has 1 aliphatic rings. The van der Waals surface area contributed by atoms with E-state index in [1.807, 2.05) is 30.3 Å². The summed E-state index contributed by atoms with van der Waals surface area (Å²) in [5.74, 6) is -0.316. The lowest BCUT2D eigenvalue weighted by Gasteiger charge is -2.41. The van der Waals surface area contributed by atoms with Crippen LogP contribution in [0.25, 0.3) is 10.4 Å². The Balaban J connectivity index is 1.53. The molecule has 2 N–H and O–H groups in total. The first kappa shape index (κ1) is 20.3. The van der Waals surface area contributed by atoms with E-state index in [1.165, 1.54) is 4.88 Å². The second kappa shape index (κ2) is 8.79. The fourth-order valence-electron chi connectivity index (χ4n) is 4.23. The maximum absolute atomic E-state index is 12.9. The van der Waals surface area contributed by atoms with Crippen LogP contribution in [-0.4, -0.2) is 34.8 Å². The van der Waals surface area contributed by atoms with E-state index in [0.29, 0.717) is 25.9 Å². The summed E-state index contributed by atoms with van der Waals surface area (Å²) in [6.45, 7) is 1.02. The van der Waals surface area contributed by atoms with Crippen LogP contribution >= 0.6 is 11.3 Å². The van der Waals surface area contributed by atoms with Gasteiger partial charge in [-0.15, -0.1) is 11.3 Å². The highest BCUT2D eigenvalue weighted by Crippen LogP contribution is 2.35. The molecule has 1 atom stereocenters. The number of carbonyl (C=O) groups is 2. The zero-order chi connectivity index (χ0) is 21.0. The summed E-state index contributed by atoms with van der Waals surface area (Å²) in [4.78, 5) is 32.6. The van der Waals surface area contributed by atoms with Crippen LogP contribution in [-0.2, 0) is 22.4 Å². The van der Waals surface area contributed by atoms with Crippen LogP contribution in [0.3, 0.4) is 0 Å². The average molecular weight is 420 g/mol. The molecule has 6 heteroatoms. The quantitative estimate of drug-likeness (QED) is 0.662. The van der Waals surface area contributed by atoms with Crippen molar-refractivity contribution >= 4 is 23.2 Å². The number of amides is 2. The summed E-state index contributed by atoms with van der Waals surface area (Å²) in [7, 11) is 0. The molecule has 0 unspecified atom stereocenters. The smallest absolute Gasteiger partial charge is 0.227 e. The summed E-state index contributed by atoms with van der Waals surface area (Å²) >= 11 is 1.69. The molecular formula is C24H25N3O2S. The number of thiophene rings is 1. The topological polar surface area (TPSA) is 76.3 Å². The summed E-state index contributed by atoms with van der Waals surface area (Å²) in [5.41, 5.74) is 8.26. The fourth-order valence-corrected chi connectivity index (χ4v) is 4.96. The molecule has 0 bridgehead atoms. The average Bonchev–Trinajstić information content (AvgIpc) is 3.30. The number of benzene rings is 1. The highest BCUT2D eigenvalue weighted by Gasteiger charge is 2.42. The monoisotopic (exact) mass is 419 g/mol. The van der Waals surface area contributed by atoms with Gasteiger partial charge in [0.1, 0.15) is 0 Å². The fraction of sp³-hybridized carbons (Fsp3) is 0.292. The number of pyridine rings is 1. The predicted molar refractivity (Wildman–Crippen MR) is 119 cm³/mol. The number of carbonyl (C=O) groups excluding carboxylic acids is 2. The van der Waals surface area contributed by atoms with Crippen LogP contribution in [0.2, 0.25) is 0 Å². The summed E-state index contributed by atoms with van der Waals surface area (Å²) in [6.07, 6.45) is 5.69. The summed E-state index contributed by atoms with van der Waals surface area (Å²) < 4.78 is 0. The van der Waals surface area contributed by atoms with Gasteiger partial charge in [-0.2, -0.15) is 0 Å². The van der Waals surface area contributed by atoms with Gasteiger partial charge in [0.05, 0.1) is 11.8 Å². The van der Waals surface area contributed by atoms with Crippen molar-refractivity contribution in [3.63, 3.8) is 0 Å². The first-order valence-corrected chi connectivity index (χ1v) is 11.0. The molecule has 0 aliphatic carbocycles. The van der Waals surface area contributed by atoms with Crippen LogP contribution in [0.15, 0.2) is 66.3 Å². The summed E-state index contributed by atoms with van der Waals surface area (Å²) in [5, 5.41) is 2.06. The van der Waals surface area contributed by atoms with Crippen molar-refractivity contribution in [1.29, 1.82) is 0 Å². The van der Waals surface area contributed by atoms with E-state index in [2.05, 4.69) is 28.6 Å². The number of likely N-dealkylation sites (tertiary alicyclic amines) is 1. The SMILES string of the molecule is NC(=O)[C@]1(Cc2cccc(-c3cccs3)c2)CCCN(C(=O)Cc2cccnc2)C1. The molecular weight excluding hydrogens is 394 g/mol. The third-order valence-corrected chi connectivity index (χ3v) is 6.72. The number of piperidine rings is 1. The molecule has 4 rings (SSSR count). The lowest BCUT2D eigenvalue weighted by molar-refractivity contribution is -0.139. The van der Waals surface area contributed by atoms with Crippen molar-refractivity contribution in [2.24, 2.45) is 11.1 Å². The van der Waals surface area contributed by atoms with Crippen LogP contribution in [0.5, 0.6) is 0 Å². The van der Waals surface area contributed by atoms with E-state index in [9.17, 15) is 9.59 Å². The van der Waals surface area contributed by atoms with E-state index in [4.69, 9.17) is 5.73 Å². The highest BCUT2D eigenvalue weighted by molar-refractivity contribution is 7.13. The van der Waals surface area contributed by atoms with Gasteiger partial charge in [0.15, 0.2) is 0 Å². The Morgan fingerprint density at radius 1 is 1.13 bits per heavy atom. The van der Waals surface area contributed by atoms with Gasteiger partial charge in [0, 0.05) is 30.4 Å². The van der Waals surface area contributed by atoms with Gasteiger partial charge >= 0.3 is 0 Å². The van der Waals surface area contributed by atoms with Gasteiger partial charge in [-0.05, 0) is 53.5 Å². The number of aromatic nitrogens is 1. The molecule has 2 amide bonds. The lowest BCUT2D eigenvalue weighted by Crippen LogP contribution is -2.53. The zero-order valence-electron chi connectivity index (χ0n) is 16.8. The normalized spacial score (nSPS) is 18.9. The van der Waals surface area contributed by atoms with E-state index in [1.54, 1.807) is 28.6 Å². The van der Waals surface area contributed by atoms with Crippen molar-refractivity contribution in [3.05, 3.63) is 77.4 Å². The van der Waals surface area contributed by atoms with Crippen LogP contribution in [0.4, 0.5) is 0 Å². The molecule has 3 heterocycles. The van der Waals surface area contributed by atoms with Crippen molar-refractivity contribution in [2.75, 3.05) is 13.1 Å². The highest BCUT2D eigenvalue weighted by atomic mass is 32.1. The van der Waals surface area contributed by atoms with Gasteiger partial charge in [-0.25, -0.2) is 0 Å². The maximum Gasteiger partial charge on any atom is 0.227 e. The largest absolute Gasteiger partial charge is 0.369 e. The molecule has 1 saturated heterocycles. The van der Waals surface area contributed by atoms with Gasteiger partial charge in [-0.3, -0.25) is 14.6 Å². The molecule has 30 heavy (non-hydrogen) atoms. The number of hydrogen-bond acceptors (Lipinski definition) is 4. The number of hydrogen-bond donors (Lipinski definition) is 1. The maximum atomic E-state index is 12.9. The van der Waals surface area contributed by atoms with E-state index >= 15 is 0 Å². The third kappa shape index (κ3) is 4.44. The molecule has 0 radical (unpaired) electrons. The van der Waals surface area contributed by atoms with E-state index < -0.39 is 5.41 Å². The van der Waals surface area contributed by atoms with E-state index in [-0.39, 0.29) is 18.2 Å². The van der Waals surface area contributed by atoms with Crippen molar-refractivity contribution in [1.82, 2.24) is 9.88 Å².